The third-order valence-corrected chi connectivity index (χ3v) is 2.84. The average molecular weight is 276 g/mol. The lowest BCUT2D eigenvalue weighted by Crippen LogP contribution is -2.09. The number of nitrogen functional groups attached to an aromatic ring is 1. The second-order valence-electron chi connectivity index (χ2n) is 3.63. The molecule has 2 nitrogen and oxygen atoms in total. The van der Waals surface area contributed by atoms with E-state index in [1.165, 1.54) is 12.1 Å². The van der Waals surface area contributed by atoms with Crippen molar-refractivity contribution in [1.29, 1.82) is 0 Å². The van der Waals surface area contributed by atoms with Crippen molar-refractivity contribution in [1.82, 2.24) is 0 Å². The largest absolute Gasteiger partial charge is 0.490 e. The van der Waals surface area contributed by atoms with Crippen LogP contribution in [0.1, 0.15) is 20.3 Å². The molecule has 0 heterocycles. The second-order valence-corrected chi connectivity index (χ2v) is 4.48. The molecule has 0 amide bonds. The molecule has 0 bridgehead atoms. The molecule has 0 spiro atoms. The highest BCUT2D eigenvalue weighted by Gasteiger charge is 2.09. The van der Waals surface area contributed by atoms with Crippen LogP contribution in [0.5, 0.6) is 5.75 Å². The van der Waals surface area contributed by atoms with E-state index in [0.29, 0.717) is 28.4 Å². The minimum atomic E-state index is -0.365. The molecule has 1 aromatic carbocycles. The summed E-state index contributed by atoms with van der Waals surface area (Å²) in [7, 11) is 0. The Morgan fingerprint density at radius 3 is 2.73 bits per heavy atom. The van der Waals surface area contributed by atoms with Gasteiger partial charge in [-0.25, -0.2) is 4.39 Å². The molecule has 1 aromatic rings. The summed E-state index contributed by atoms with van der Waals surface area (Å²) in [6.45, 7) is 4.77. The lowest BCUT2D eigenvalue weighted by atomic mass is 10.1. The molecule has 4 heteroatoms. The average Bonchev–Trinajstić information content (AvgIpc) is 2.15. The SMILES string of the molecule is CCC(C)COc1c(N)cc(F)cc1Br. The fourth-order valence-corrected chi connectivity index (χ4v) is 1.64. The van der Waals surface area contributed by atoms with Crippen molar-refractivity contribution in [3.8, 4) is 5.75 Å². The Balaban J connectivity index is 2.77. The molecular weight excluding hydrogens is 261 g/mol. The topological polar surface area (TPSA) is 35.2 Å². The van der Waals surface area contributed by atoms with Crippen LogP contribution in [0.3, 0.4) is 0 Å². The van der Waals surface area contributed by atoms with Gasteiger partial charge in [-0.3, -0.25) is 0 Å². The van der Waals surface area contributed by atoms with Crippen molar-refractivity contribution in [2.75, 3.05) is 12.3 Å². The molecule has 1 unspecified atom stereocenters. The van der Waals surface area contributed by atoms with Gasteiger partial charge >= 0.3 is 0 Å². The van der Waals surface area contributed by atoms with Crippen LogP contribution in [-0.4, -0.2) is 6.61 Å². The molecule has 0 saturated heterocycles. The first kappa shape index (κ1) is 12.3. The van der Waals surface area contributed by atoms with E-state index in [0.717, 1.165) is 6.42 Å². The monoisotopic (exact) mass is 275 g/mol. The quantitative estimate of drug-likeness (QED) is 0.853. The third kappa shape index (κ3) is 3.38. The standard InChI is InChI=1S/C11H15BrFNO/c1-3-7(2)6-15-11-9(12)4-8(13)5-10(11)14/h4-5,7H,3,6,14H2,1-2H3. The van der Waals surface area contributed by atoms with Crippen molar-refractivity contribution >= 4 is 21.6 Å². The molecule has 0 radical (unpaired) electrons. The van der Waals surface area contributed by atoms with Gasteiger partial charge in [0.15, 0.2) is 5.75 Å². The normalized spacial score (nSPS) is 12.5. The molecule has 0 aliphatic rings. The number of anilines is 1. The summed E-state index contributed by atoms with van der Waals surface area (Å²) >= 11 is 3.22. The number of nitrogens with two attached hydrogens (primary N) is 1. The zero-order valence-corrected chi connectivity index (χ0v) is 10.5. The Bertz CT molecular complexity index is 320. The summed E-state index contributed by atoms with van der Waals surface area (Å²) in [5.41, 5.74) is 5.98. The Morgan fingerprint density at radius 1 is 1.53 bits per heavy atom. The number of hydrogen-bond donors (Lipinski definition) is 1. The van der Waals surface area contributed by atoms with Gasteiger partial charge in [0.05, 0.1) is 16.8 Å². The molecule has 84 valence electrons. The summed E-state index contributed by atoms with van der Waals surface area (Å²) in [4.78, 5) is 0. The van der Waals surface area contributed by atoms with Gasteiger partial charge in [-0.1, -0.05) is 20.3 Å². The Morgan fingerprint density at radius 2 is 2.20 bits per heavy atom. The summed E-state index contributed by atoms with van der Waals surface area (Å²) in [5, 5.41) is 0. The first-order chi connectivity index (χ1) is 7.04. The third-order valence-electron chi connectivity index (χ3n) is 2.25. The van der Waals surface area contributed by atoms with Gasteiger partial charge in [0.25, 0.3) is 0 Å². The molecule has 0 aliphatic carbocycles. The lowest BCUT2D eigenvalue weighted by molar-refractivity contribution is 0.256. The van der Waals surface area contributed by atoms with Gasteiger partial charge in [-0.2, -0.15) is 0 Å². The maximum absolute atomic E-state index is 12.9. The molecule has 0 fully saturated rings. The van der Waals surface area contributed by atoms with E-state index in [2.05, 4.69) is 29.8 Å². The molecule has 0 aromatic heterocycles. The van der Waals surface area contributed by atoms with Crippen LogP contribution in [0.2, 0.25) is 0 Å². The van der Waals surface area contributed by atoms with Crippen LogP contribution in [0.4, 0.5) is 10.1 Å². The molecule has 0 aliphatic heterocycles. The van der Waals surface area contributed by atoms with Crippen LogP contribution >= 0.6 is 15.9 Å². The summed E-state index contributed by atoms with van der Waals surface area (Å²) < 4.78 is 19.0. The molecule has 1 atom stereocenters. The smallest absolute Gasteiger partial charge is 0.156 e. The minimum Gasteiger partial charge on any atom is -0.490 e. The van der Waals surface area contributed by atoms with E-state index in [1.54, 1.807) is 0 Å². The van der Waals surface area contributed by atoms with E-state index in [-0.39, 0.29) is 5.82 Å². The fraction of sp³-hybridized carbons (Fsp3) is 0.455. The van der Waals surface area contributed by atoms with Crippen molar-refractivity contribution in [3.63, 3.8) is 0 Å². The van der Waals surface area contributed by atoms with Crippen LogP contribution in [-0.2, 0) is 0 Å². The Kier molecular flexibility index (Phi) is 4.39. The van der Waals surface area contributed by atoms with Gasteiger partial charge in [0, 0.05) is 6.07 Å². The summed E-state index contributed by atoms with van der Waals surface area (Å²) in [5.74, 6) is 0.619. The van der Waals surface area contributed by atoms with E-state index >= 15 is 0 Å². The van der Waals surface area contributed by atoms with E-state index < -0.39 is 0 Å². The van der Waals surface area contributed by atoms with Crippen molar-refractivity contribution in [2.24, 2.45) is 5.92 Å². The number of benzene rings is 1. The summed E-state index contributed by atoms with van der Waals surface area (Å²) in [6.07, 6.45) is 1.04. The lowest BCUT2D eigenvalue weighted by Gasteiger charge is -2.14. The minimum absolute atomic E-state index is 0.324. The number of halogens is 2. The van der Waals surface area contributed by atoms with Gasteiger partial charge in [-0.05, 0) is 27.9 Å². The van der Waals surface area contributed by atoms with E-state index in [9.17, 15) is 4.39 Å². The van der Waals surface area contributed by atoms with Crippen molar-refractivity contribution in [2.45, 2.75) is 20.3 Å². The molecule has 0 saturated carbocycles. The number of rotatable bonds is 4. The maximum Gasteiger partial charge on any atom is 0.156 e. The fourth-order valence-electron chi connectivity index (χ4n) is 1.08. The first-order valence-corrected chi connectivity index (χ1v) is 5.71. The Hall–Kier alpha value is -0.770. The molecule has 2 N–H and O–H groups in total. The zero-order valence-electron chi connectivity index (χ0n) is 8.89. The highest BCUT2D eigenvalue weighted by molar-refractivity contribution is 9.10. The number of ether oxygens (including phenoxy) is 1. The first-order valence-electron chi connectivity index (χ1n) is 4.92. The van der Waals surface area contributed by atoms with Crippen LogP contribution < -0.4 is 10.5 Å². The second kappa shape index (κ2) is 5.35. The van der Waals surface area contributed by atoms with E-state index in [4.69, 9.17) is 10.5 Å². The Labute approximate surface area is 97.7 Å². The van der Waals surface area contributed by atoms with Gasteiger partial charge in [0.2, 0.25) is 0 Å². The van der Waals surface area contributed by atoms with Gasteiger partial charge in [0.1, 0.15) is 5.82 Å². The van der Waals surface area contributed by atoms with Gasteiger partial charge < -0.3 is 10.5 Å². The van der Waals surface area contributed by atoms with Crippen molar-refractivity contribution in [3.05, 3.63) is 22.4 Å². The predicted octanol–water partition coefficient (Wildman–Crippen LogP) is 3.60. The molecule has 15 heavy (non-hydrogen) atoms. The van der Waals surface area contributed by atoms with Crippen LogP contribution in [0.15, 0.2) is 16.6 Å². The highest BCUT2D eigenvalue weighted by Crippen LogP contribution is 2.32. The highest BCUT2D eigenvalue weighted by atomic mass is 79.9. The van der Waals surface area contributed by atoms with E-state index in [1.807, 2.05) is 0 Å². The summed E-state index contributed by atoms with van der Waals surface area (Å²) in [6, 6.07) is 2.61. The number of hydrogen-bond acceptors (Lipinski definition) is 2. The van der Waals surface area contributed by atoms with Crippen LogP contribution in [0, 0.1) is 11.7 Å². The molecule has 1 rings (SSSR count). The van der Waals surface area contributed by atoms with Crippen molar-refractivity contribution < 1.29 is 9.13 Å². The maximum atomic E-state index is 12.9. The van der Waals surface area contributed by atoms with Gasteiger partial charge in [-0.15, -0.1) is 0 Å². The molecular formula is C11H15BrFNO. The predicted molar refractivity (Wildman–Crippen MR) is 63.5 cm³/mol. The zero-order chi connectivity index (χ0) is 11.4. The van der Waals surface area contributed by atoms with Crippen LogP contribution in [0.25, 0.3) is 0 Å².